The van der Waals surface area contributed by atoms with Crippen LogP contribution in [0.5, 0.6) is 0 Å². The minimum atomic E-state index is -3.04. The minimum Gasteiger partial charge on any atom is -0.357 e. The summed E-state index contributed by atoms with van der Waals surface area (Å²) in [5.41, 5.74) is 0. The molecule has 156 valence electrons. The molecule has 0 aromatic rings. The van der Waals surface area contributed by atoms with Gasteiger partial charge in [0.05, 0.1) is 6.26 Å². The third-order valence-electron chi connectivity index (χ3n) is 5.00. The molecule has 0 aromatic carbocycles. The molecule has 1 aliphatic rings. The number of guanidine groups is 1. The van der Waals surface area contributed by atoms with Crippen LogP contribution in [0.25, 0.3) is 0 Å². The van der Waals surface area contributed by atoms with Crippen molar-refractivity contribution in [2.75, 3.05) is 39.0 Å². The van der Waals surface area contributed by atoms with Crippen LogP contribution in [0.1, 0.15) is 59.3 Å². The van der Waals surface area contributed by atoms with Gasteiger partial charge in [-0.15, -0.1) is 24.0 Å². The highest BCUT2D eigenvalue weighted by Crippen LogP contribution is 2.18. The Labute approximate surface area is 178 Å². The fourth-order valence-corrected chi connectivity index (χ4v) is 4.04. The van der Waals surface area contributed by atoms with E-state index >= 15 is 0 Å². The molecule has 6 nitrogen and oxygen atoms in total. The highest BCUT2D eigenvalue weighted by Gasteiger charge is 2.24. The monoisotopic (exact) mass is 502 g/mol. The summed E-state index contributed by atoms with van der Waals surface area (Å²) in [5.74, 6) is 2.06. The van der Waals surface area contributed by atoms with Gasteiger partial charge in [-0.3, -0.25) is 4.99 Å². The predicted octanol–water partition coefficient (Wildman–Crippen LogP) is 3.05. The van der Waals surface area contributed by atoms with Crippen molar-refractivity contribution in [1.29, 1.82) is 0 Å². The third kappa shape index (κ3) is 10.3. The van der Waals surface area contributed by atoms with Gasteiger partial charge in [0.25, 0.3) is 0 Å². The Morgan fingerprint density at radius 1 is 1.19 bits per heavy atom. The molecule has 1 heterocycles. The van der Waals surface area contributed by atoms with Gasteiger partial charge < -0.3 is 10.6 Å². The fourth-order valence-electron chi connectivity index (χ4n) is 3.17. The first-order chi connectivity index (χ1) is 11.9. The molecule has 0 aromatic heterocycles. The molecule has 1 saturated heterocycles. The molecule has 0 saturated carbocycles. The fraction of sp³-hybridized carbons (Fsp3) is 0.944. The van der Waals surface area contributed by atoms with Crippen molar-refractivity contribution in [1.82, 2.24) is 14.9 Å². The van der Waals surface area contributed by atoms with Crippen LogP contribution in [0.3, 0.4) is 0 Å². The van der Waals surface area contributed by atoms with Crippen LogP contribution in [-0.2, 0) is 10.0 Å². The standard InChI is InChI=1S/C18H38N4O2S.HI/c1-5-8-9-16(6-2)14-20-18(19-7-3)21-15-17-10-12-22(13-11-17)25(4,23)24;/h16-17H,5-15H2,1-4H3,(H2,19,20,21);1H. The Morgan fingerprint density at radius 3 is 2.35 bits per heavy atom. The summed E-state index contributed by atoms with van der Waals surface area (Å²) in [5, 5.41) is 6.77. The van der Waals surface area contributed by atoms with E-state index in [-0.39, 0.29) is 24.0 Å². The van der Waals surface area contributed by atoms with Crippen molar-refractivity contribution >= 4 is 40.0 Å². The van der Waals surface area contributed by atoms with Crippen molar-refractivity contribution in [3.8, 4) is 0 Å². The van der Waals surface area contributed by atoms with Gasteiger partial charge in [0, 0.05) is 32.7 Å². The number of sulfonamides is 1. The summed E-state index contributed by atoms with van der Waals surface area (Å²) >= 11 is 0. The first-order valence-electron chi connectivity index (χ1n) is 9.87. The first-order valence-corrected chi connectivity index (χ1v) is 11.7. The molecule has 0 amide bonds. The molecule has 26 heavy (non-hydrogen) atoms. The number of halogens is 1. The Morgan fingerprint density at radius 2 is 1.85 bits per heavy atom. The Bertz CT molecular complexity index is 491. The molecule has 0 spiro atoms. The van der Waals surface area contributed by atoms with Crippen LogP contribution in [0.4, 0.5) is 0 Å². The van der Waals surface area contributed by atoms with Gasteiger partial charge in [0.2, 0.25) is 10.0 Å². The van der Waals surface area contributed by atoms with Crippen molar-refractivity contribution in [3.63, 3.8) is 0 Å². The summed E-state index contributed by atoms with van der Waals surface area (Å²) in [4.78, 5) is 4.76. The van der Waals surface area contributed by atoms with E-state index in [4.69, 9.17) is 4.99 Å². The molecule has 0 bridgehead atoms. The maximum Gasteiger partial charge on any atom is 0.211 e. The number of rotatable bonds is 10. The summed E-state index contributed by atoms with van der Waals surface area (Å²) in [7, 11) is -3.04. The Hall–Kier alpha value is -0.0900. The van der Waals surface area contributed by atoms with Crippen LogP contribution in [0, 0.1) is 11.8 Å². The van der Waals surface area contributed by atoms with Gasteiger partial charge in [-0.05, 0) is 38.0 Å². The largest absolute Gasteiger partial charge is 0.357 e. The maximum absolute atomic E-state index is 11.6. The molecular weight excluding hydrogens is 463 g/mol. The Kier molecular flexibility index (Phi) is 13.9. The van der Waals surface area contributed by atoms with Gasteiger partial charge in [-0.25, -0.2) is 12.7 Å². The summed E-state index contributed by atoms with van der Waals surface area (Å²) < 4.78 is 24.7. The van der Waals surface area contributed by atoms with Crippen LogP contribution >= 0.6 is 24.0 Å². The van der Waals surface area contributed by atoms with E-state index in [1.54, 1.807) is 4.31 Å². The van der Waals surface area contributed by atoms with E-state index < -0.39 is 10.0 Å². The number of piperidine rings is 1. The molecule has 1 unspecified atom stereocenters. The van der Waals surface area contributed by atoms with Crippen molar-refractivity contribution in [2.24, 2.45) is 16.8 Å². The zero-order chi connectivity index (χ0) is 18.7. The average molecular weight is 503 g/mol. The lowest BCUT2D eigenvalue weighted by molar-refractivity contribution is 0.274. The quantitative estimate of drug-likeness (QED) is 0.274. The molecule has 1 atom stereocenters. The van der Waals surface area contributed by atoms with Gasteiger partial charge >= 0.3 is 0 Å². The zero-order valence-corrected chi connectivity index (χ0v) is 20.1. The molecule has 0 radical (unpaired) electrons. The number of hydrogen-bond acceptors (Lipinski definition) is 3. The van der Waals surface area contributed by atoms with E-state index in [1.165, 1.54) is 31.9 Å². The average Bonchev–Trinajstić information content (AvgIpc) is 2.59. The van der Waals surface area contributed by atoms with Crippen LogP contribution in [0.15, 0.2) is 4.99 Å². The Balaban J connectivity index is 0.00000625. The summed E-state index contributed by atoms with van der Waals surface area (Å²) in [6, 6.07) is 0. The maximum atomic E-state index is 11.6. The van der Waals surface area contributed by atoms with E-state index in [2.05, 4.69) is 31.4 Å². The van der Waals surface area contributed by atoms with Crippen molar-refractivity contribution in [2.45, 2.75) is 59.3 Å². The molecule has 1 fully saturated rings. The van der Waals surface area contributed by atoms with E-state index in [9.17, 15) is 8.42 Å². The predicted molar refractivity (Wildman–Crippen MR) is 122 cm³/mol. The number of unbranched alkanes of at least 4 members (excludes halogenated alkanes) is 1. The first kappa shape index (κ1) is 25.9. The van der Waals surface area contributed by atoms with Gasteiger partial charge in [0.1, 0.15) is 0 Å². The number of hydrogen-bond donors (Lipinski definition) is 2. The third-order valence-corrected chi connectivity index (χ3v) is 6.30. The second kappa shape index (κ2) is 14.0. The summed E-state index contributed by atoms with van der Waals surface area (Å²) in [6.07, 6.45) is 8.06. The highest BCUT2D eigenvalue weighted by molar-refractivity contribution is 14.0. The SMILES string of the molecule is CCCCC(CC)CN=C(NCC)NCC1CCN(S(C)(=O)=O)CC1.I. The van der Waals surface area contributed by atoms with Gasteiger partial charge in [-0.1, -0.05) is 33.1 Å². The topological polar surface area (TPSA) is 73.8 Å². The van der Waals surface area contributed by atoms with Crippen LogP contribution < -0.4 is 10.6 Å². The lowest BCUT2D eigenvalue weighted by atomic mass is 9.98. The minimum absolute atomic E-state index is 0. The lowest BCUT2D eigenvalue weighted by Gasteiger charge is -2.30. The second-order valence-corrected chi connectivity index (χ2v) is 9.10. The van der Waals surface area contributed by atoms with Crippen molar-refractivity contribution in [3.05, 3.63) is 0 Å². The molecule has 8 heteroatoms. The lowest BCUT2D eigenvalue weighted by Crippen LogP contribution is -2.44. The van der Waals surface area contributed by atoms with E-state index in [0.29, 0.717) is 24.9 Å². The molecule has 2 N–H and O–H groups in total. The molecule has 1 rings (SSSR count). The number of nitrogens with one attached hydrogen (secondary N) is 2. The van der Waals surface area contributed by atoms with Crippen LogP contribution in [-0.4, -0.2) is 57.7 Å². The van der Waals surface area contributed by atoms with Gasteiger partial charge in [0.15, 0.2) is 5.96 Å². The van der Waals surface area contributed by atoms with E-state index in [0.717, 1.165) is 38.4 Å². The highest BCUT2D eigenvalue weighted by atomic mass is 127. The van der Waals surface area contributed by atoms with Gasteiger partial charge in [-0.2, -0.15) is 0 Å². The second-order valence-electron chi connectivity index (χ2n) is 7.12. The number of nitrogens with zero attached hydrogens (tertiary/aromatic N) is 2. The van der Waals surface area contributed by atoms with Crippen molar-refractivity contribution < 1.29 is 8.42 Å². The normalized spacial score (nSPS) is 18.2. The summed E-state index contributed by atoms with van der Waals surface area (Å²) in [6.45, 7) is 10.4. The van der Waals surface area contributed by atoms with E-state index in [1.807, 2.05) is 0 Å². The molecule has 0 aliphatic carbocycles. The molecular formula is C18H39IN4O2S. The number of aliphatic imine (C=N–C) groups is 1. The smallest absolute Gasteiger partial charge is 0.211 e. The zero-order valence-electron chi connectivity index (χ0n) is 17.0. The van der Waals surface area contributed by atoms with Crippen LogP contribution in [0.2, 0.25) is 0 Å². The molecule has 1 aliphatic heterocycles.